The molecule has 0 radical (unpaired) electrons. The van der Waals surface area contributed by atoms with Crippen molar-refractivity contribution in [2.45, 2.75) is 6.92 Å². The molecule has 0 amide bonds. The molecule has 0 unspecified atom stereocenters. The van der Waals surface area contributed by atoms with Gasteiger partial charge in [-0.2, -0.15) is 0 Å². The van der Waals surface area contributed by atoms with Crippen LogP contribution >= 0.6 is 39.1 Å². The summed E-state index contributed by atoms with van der Waals surface area (Å²) in [7, 11) is 1.56. The monoisotopic (exact) mass is 468 g/mol. The van der Waals surface area contributed by atoms with E-state index < -0.39 is 5.97 Å². The Kier molecular flexibility index (Phi) is 6.09. The van der Waals surface area contributed by atoms with Crippen LogP contribution in [0.5, 0.6) is 5.75 Å². The summed E-state index contributed by atoms with van der Waals surface area (Å²) in [4.78, 5) is 16.8. The fraction of sp³-hybridized carbons (Fsp3) is 0.158. The summed E-state index contributed by atoms with van der Waals surface area (Å²) >= 11 is 15.9. The average molecular weight is 470 g/mol. The molecule has 0 atom stereocenters. The quantitative estimate of drug-likeness (QED) is 0.448. The predicted molar refractivity (Wildman–Crippen MR) is 112 cm³/mol. The summed E-state index contributed by atoms with van der Waals surface area (Å²) in [5.41, 5.74) is 2.01. The third kappa shape index (κ3) is 3.98. The first kappa shape index (κ1) is 19.7. The van der Waals surface area contributed by atoms with E-state index >= 15 is 0 Å². The maximum absolute atomic E-state index is 12.5. The molecule has 1 N–H and O–H groups in total. The van der Waals surface area contributed by atoms with E-state index in [9.17, 15) is 4.79 Å². The number of carbonyl (C=O) groups excluding carboxylic acids is 1. The molecule has 27 heavy (non-hydrogen) atoms. The van der Waals surface area contributed by atoms with Crippen LogP contribution in [-0.4, -0.2) is 24.7 Å². The number of halogens is 3. The highest BCUT2D eigenvalue weighted by molar-refractivity contribution is 9.10. The number of fused-ring (bicyclic) bond motifs is 1. The fourth-order valence-electron chi connectivity index (χ4n) is 2.58. The number of benzene rings is 2. The van der Waals surface area contributed by atoms with Crippen LogP contribution in [0.2, 0.25) is 10.0 Å². The zero-order valence-electron chi connectivity index (χ0n) is 14.5. The molecule has 2 aromatic carbocycles. The van der Waals surface area contributed by atoms with Crippen LogP contribution in [0, 0.1) is 0 Å². The number of methoxy groups -OCH3 is 1. The van der Waals surface area contributed by atoms with E-state index in [0.717, 1.165) is 4.47 Å². The largest absolute Gasteiger partial charge is 0.496 e. The molecule has 0 aliphatic rings. The molecule has 0 saturated carbocycles. The molecule has 0 fully saturated rings. The lowest BCUT2D eigenvalue weighted by molar-refractivity contribution is 0.0527. The van der Waals surface area contributed by atoms with Crippen molar-refractivity contribution in [3.63, 3.8) is 0 Å². The Balaban J connectivity index is 2.25. The molecule has 8 heteroatoms. The number of anilines is 2. The molecule has 3 rings (SSSR count). The van der Waals surface area contributed by atoms with E-state index in [4.69, 9.17) is 32.7 Å². The minimum absolute atomic E-state index is 0.248. The Labute approximate surface area is 174 Å². The van der Waals surface area contributed by atoms with Crippen molar-refractivity contribution in [3.05, 3.63) is 56.6 Å². The zero-order chi connectivity index (χ0) is 19.6. The van der Waals surface area contributed by atoms with E-state index in [1.165, 1.54) is 6.20 Å². The van der Waals surface area contributed by atoms with Crippen molar-refractivity contribution in [2.24, 2.45) is 0 Å². The first-order chi connectivity index (χ1) is 13.0. The van der Waals surface area contributed by atoms with E-state index in [1.807, 2.05) is 6.07 Å². The Morgan fingerprint density at radius 3 is 2.78 bits per heavy atom. The number of hydrogen-bond donors (Lipinski definition) is 1. The number of ether oxygens (including phenoxy) is 2. The van der Waals surface area contributed by atoms with Crippen LogP contribution in [0.1, 0.15) is 17.3 Å². The number of pyridine rings is 1. The summed E-state index contributed by atoms with van der Waals surface area (Å²) in [6.07, 6.45) is 1.47. The lowest BCUT2D eigenvalue weighted by atomic mass is 10.1. The molecular weight excluding hydrogens is 455 g/mol. The van der Waals surface area contributed by atoms with Crippen LogP contribution in [0.25, 0.3) is 10.9 Å². The molecule has 5 nitrogen and oxygen atoms in total. The van der Waals surface area contributed by atoms with Crippen LogP contribution in [0.15, 0.2) is 41.0 Å². The van der Waals surface area contributed by atoms with Gasteiger partial charge in [-0.1, -0.05) is 29.3 Å². The maximum atomic E-state index is 12.5. The molecule has 0 spiro atoms. The normalized spacial score (nSPS) is 10.7. The van der Waals surface area contributed by atoms with Gasteiger partial charge >= 0.3 is 5.97 Å². The third-order valence-electron chi connectivity index (χ3n) is 3.85. The van der Waals surface area contributed by atoms with Crippen molar-refractivity contribution >= 4 is 67.4 Å². The van der Waals surface area contributed by atoms with Crippen molar-refractivity contribution in [1.82, 2.24) is 4.98 Å². The molecule has 0 aliphatic carbocycles. The number of hydrogen-bond acceptors (Lipinski definition) is 5. The zero-order valence-corrected chi connectivity index (χ0v) is 17.6. The van der Waals surface area contributed by atoms with Crippen molar-refractivity contribution in [3.8, 4) is 5.75 Å². The van der Waals surface area contributed by atoms with Gasteiger partial charge in [0.05, 0.1) is 45.1 Å². The number of nitrogens with one attached hydrogen (secondary N) is 1. The van der Waals surface area contributed by atoms with Crippen molar-refractivity contribution in [1.29, 1.82) is 0 Å². The van der Waals surface area contributed by atoms with Crippen molar-refractivity contribution in [2.75, 3.05) is 19.0 Å². The Morgan fingerprint density at radius 1 is 1.30 bits per heavy atom. The highest BCUT2D eigenvalue weighted by atomic mass is 79.9. The van der Waals surface area contributed by atoms with Gasteiger partial charge < -0.3 is 14.8 Å². The first-order valence-electron chi connectivity index (χ1n) is 8.00. The predicted octanol–water partition coefficient (Wildman–Crippen LogP) is 6.23. The standard InChI is InChI=1S/C19H15BrCl2N2O3/c1-3-27-19(25)11-9-23-15-8-12(20)16(26-2)7-10(15)18(11)24-14-6-4-5-13(21)17(14)22/h4-9H,3H2,1-2H3,(H,23,24). The van der Waals surface area contributed by atoms with Gasteiger partial charge in [0.1, 0.15) is 11.3 Å². The number of nitrogens with zero attached hydrogens (tertiary/aromatic N) is 1. The van der Waals surface area contributed by atoms with Gasteiger partial charge in [-0.25, -0.2) is 4.79 Å². The fourth-order valence-corrected chi connectivity index (χ4v) is 3.42. The molecule has 1 heterocycles. The van der Waals surface area contributed by atoms with Gasteiger partial charge in [0, 0.05) is 11.6 Å². The Morgan fingerprint density at radius 2 is 2.07 bits per heavy atom. The summed E-state index contributed by atoms with van der Waals surface area (Å²) in [5, 5.41) is 4.64. The van der Waals surface area contributed by atoms with E-state index in [-0.39, 0.29) is 12.2 Å². The smallest absolute Gasteiger partial charge is 0.341 e. The molecule has 140 valence electrons. The topological polar surface area (TPSA) is 60.5 Å². The van der Waals surface area contributed by atoms with Crippen molar-refractivity contribution < 1.29 is 14.3 Å². The second-order valence-corrected chi connectivity index (χ2v) is 7.14. The van der Waals surface area contributed by atoms with Gasteiger partial charge in [-0.05, 0) is 47.1 Å². The molecule has 0 saturated heterocycles. The SMILES string of the molecule is CCOC(=O)c1cnc2cc(Br)c(OC)cc2c1Nc1cccc(Cl)c1Cl. The summed E-state index contributed by atoms with van der Waals surface area (Å²) in [5.74, 6) is 0.111. The van der Waals surface area contributed by atoms with Crippen LogP contribution in [-0.2, 0) is 4.74 Å². The third-order valence-corrected chi connectivity index (χ3v) is 5.29. The molecule has 0 aliphatic heterocycles. The number of carbonyl (C=O) groups is 1. The summed E-state index contributed by atoms with van der Waals surface area (Å²) in [6.45, 7) is 1.99. The van der Waals surface area contributed by atoms with Gasteiger partial charge in [0.2, 0.25) is 0 Å². The lowest BCUT2D eigenvalue weighted by Crippen LogP contribution is -2.09. The van der Waals surface area contributed by atoms with Gasteiger partial charge in [-0.3, -0.25) is 4.98 Å². The Hall–Kier alpha value is -2.02. The molecule has 3 aromatic rings. The molecular formula is C19H15BrCl2N2O3. The number of esters is 1. The van der Waals surface area contributed by atoms with Gasteiger partial charge in [0.15, 0.2) is 0 Å². The summed E-state index contributed by atoms with van der Waals surface area (Å²) < 4.78 is 11.3. The van der Waals surface area contributed by atoms with Gasteiger partial charge in [0.25, 0.3) is 0 Å². The van der Waals surface area contributed by atoms with Crippen LogP contribution in [0.4, 0.5) is 11.4 Å². The lowest BCUT2D eigenvalue weighted by Gasteiger charge is -2.16. The van der Waals surface area contributed by atoms with E-state index in [0.29, 0.717) is 38.1 Å². The minimum Gasteiger partial charge on any atom is -0.496 e. The highest BCUT2D eigenvalue weighted by Gasteiger charge is 2.19. The summed E-state index contributed by atoms with van der Waals surface area (Å²) in [6, 6.07) is 8.82. The van der Waals surface area contributed by atoms with Crippen LogP contribution in [0.3, 0.4) is 0 Å². The maximum Gasteiger partial charge on any atom is 0.341 e. The molecule has 0 bridgehead atoms. The van der Waals surface area contributed by atoms with E-state index in [2.05, 4.69) is 26.2 Å². The second kappa shape index (κ2) is 8.33. The van der Waals surface area contributed by atoms with Gasteiger partial charge in [-0.15, -0.1) is 0 Å². The average Bonchev–Trinajstić information content (AvgIpc) is 2.65. The molecule has 1 aromatic heterocycles. The first-order valence-corrected chi connectivity index (χ1v) is 9.55. The highest BCUT2D eigenvalue weighted by Crippen LogP contribution is 2.38. The number of rotatable bonds is 5. The van der Waals surface area contributed by atoms with E-state index in [1.54, 1.807) is 38.3 Å². The number of aromatic nitrogens is 1. The second-order valence-electron chi connectivity index (χ2n) is 5.50. The Bertz CT molecular complexity index is 1030. The van der Waals surface area contributed by atoms with Crippen LogP contribution < -0.4 is 10.1 Å². The minimum atomic E-state index is -0.491.